The fourth-order valence-electron chi connectivity index (χ4n) is 11.6. The van der Waals surface area contributed by atoms with E-state index in [1.54, 1.807) is 0 Å². The largest absolute Gasteiger partial charge is 0.389 e. The van der Waals surface area contributed by atoms with Gasteiger partial charge in [0.05, 0.1) is 24.9 Å². The molecule has 0 amide bonds. The van der Waals surface area contributed by atoms with Gasteiger partial charge in [-0.05, 0) is 145 Å². The van der Waals surface area contributed by atoms with Gasteiger partial charge in [-0.15, -0.1) is 0 Å². The second kappa shape index (κ2) is 12.0. The predicted octanol–water partition coefficient (Wildman–Crippen LogP) is 6.94. The molecule has 6 aliphatic rings. The van der Waals surface area contributed by atoms with Crippen molar-refractivity contribution in [2.24, 2.45) is 28.6 Å². The highest BCUT2D eigenvalue weighted by atomic mass is 16.5. The molecule has 1 aromatic carbocycles. The maximum Gasteiger partial charge on any atom is 0.101 e. The molecule has 2 aliphatic heterocycles. The van der Waals surface area contributed by atoms with E-state index in [1.165, 1.54) is 95.1 Å². The van der Waals surface area contributed by atoms with Crippen molar-refractivity contribution < 1.29 is 14.6 Å². The molecule has 4 saturated carbocycles. The minimum absolute atomic E-state index is 0.277. The fraction of sp³-hybridized carbons (Fsp3) is 0.842. The first-order chi connectivity index (χ1) is 20.8. The Morgan fingerprint density at radius 2 is 1.44 bits per heavy atom. The van der Waals surface area contributed by atoms with E-state index in [9.17, 15) is 5.11 Å². The van der Waals surface area contributed by atoms with Gasteiger partial charge < -0.3 is 24.4 Å². The zero-order valence-corrected chi connectivity index (χ0v) is 27.6. The van der Waals surface area contributed by atoms with Gasteiger partial charge in [-0.3, -0.25) is 0 Å². The molecule has 4 aliphatic carbocycles. The average Bonchev–Trinajstić information content (AvgIpc) is 3.76. The summed E-state index contributed by atoms with van der Waals surface area (Å²) < 4.78 is 13.7. The first-order valence-electron chi connectivity index (χ1n) is 18.3. The lowest BCUT2D eigenvalue weighted by molar-refractivity contribution is -0.249. The van der Waals surface area contributed by atoms with E-state index in [4.69, 9.17) is 9.47 Å². The minimum Gasteiger partial charge on any atom is -0.389 e. The number of fused-ring (bicyclic) bond motifs is 5. The summed E-state index contributed by atoms with van der Waals surface area (Å²) in [5, 5.41) is 13.1. The zero-order chi connectivity index (χ0) is 29.7. The lowest BCUT2D eigenvalue weighted by Crippen LogP contribution is -2.65. The van der Waals surface area contributed by atoms with E-state index in [2.05, 4.69) is 54.8 Å². The molecular weight excluding hydrogens is 532 g/mol. The molecule has 5 nitrogen and oxygen atoms in total. The summed E-state index contributed by atoms with van der Waals surface area (Å²) in [6, 6.07) is 9.14. The van der Waals surface area contributed by atoms with Gasteiger partial charge >= 0.3 is 0 Å². The number of hydrogen-bond acceptors (Lipinski definition) is 5. The highest BCUT2D eigenvalue weighted by Gasteiger charge is 2.72. The van der Waals surface area contributed by atoms with E-state index in [0.717, 1.165) is 57.9 Å². The van der Waals surface area contributed by atoms with Crippen molar-refractivity contribution in [2.45, 2.75) is 122 Å². The van der Waals surface area contributed by atoms with Crippen molar-refractivity contribution in [3.63, 3.8) is 0 Å². The molecular formula is C38H60N2O3. The maximum atomic E-state index is 13.1. The average molecular weight is 593 g/mol. The quantitative estimate of drug-likeness (QED) is 0.337. The highest BCUT2D eigenvalue weighted by molar-refractivity contribution is 5.35. The number of likely N-dealkylation sites (tertiary alicyclic amines) is 2. The number of ether oxygens (including phenoxy) is 2. The molecule has 6 fully saturated rings. The number of benzene rings is 1. The molecule has 1 N–H and O–H groups in total. The van der Waals surface area contributed by atoms with Crippen molar-refractivity contribution in [1.29, 1.82) is 0 Å². The Morgan fingerprint density at radius 1 is 0.767 bits per heavy atom. The predicted molar refractivity (Wildman–Crippen MR) is 173 cm³/mol. The summed E-state index contributed by atoms with van der Waals surface area (Å²) in [6.07, 6.45) is 15.9. The Kier molecular flexibility index (Phi) is 8.55. The molecule has 7 rings (SSSR count). The Balaban J connectivity index is 1.08. The maximum absolute atomic E-state index is 13.1. The fourth-order valence-corrected chi connectivity index (χ4v) is 11.6. The van der Waals surface area contributed by atoms with Crippen LogP contribution in [0.15, 0.2) is 24.3 Å². The van der Waals surface area contributed by atoms with E-state index in [0.29, 0.717) is 23.4 Å². The second-order valence-electron chi connectivity index (χ2n) is 16.2. The summed E-state index contributed by atoms with van der Waals surface area (Å²) >= 11 is 0. The molecule has 0 bridgehead atoms. The molecule has 3 unspecified atom stereocenters. The van der Waals surface area contributed by atoms with Crippen LogP contribution in [-0.2, 0) is 15.1 Å². The van der Waals surface area contributed by atoms with Crippen LogP contribution in [0.2, 0.25) is 0 Å². The SMILES string of the molecule is Cc1ccc(C2(OCCN3CCCC3)CC[C@@]3(O)[C@@H]4CCC5CC(OCCN6CCCC6)CC[C@]5(C)[C@@H]4CC[C@]23C)cc1. The van der Waals surface area contributed by atoms with Crippen LogP contribution in [0, 0.1) is 35.5 Å². The summed E-state index contributed by atoms with van der Waals surface area (Å²) in [4.78, 5) is 5.14. The summed E-state index contributed by atoms with van der Waals surface area (Å²) in [6.45, 7) is 15.9. The standard InChI is InChI=1S/C38H60N2O3/c1-29-8-10-30(11-9-29)38(43-27-25-40-22-6-7-23-40)19-18-37(41)34-13-12-31-28-32(42-26-24-39-20-4-5-21-39)14-16-35(31,2)33(34)15-17-36(37,38)3/h8-11,31-34,41H,4-7,12-28H2,1-3H3/t31?,32?,33-,34-,35+,36+,37-,38?/m1/s1. The van der Waals surface area contributed by atoms with Crippen LogP contribution in [0.3, 0.4) is 0 Å². The topological polar surface area (TPSA) is 45.2 Å². The molecule has 2 saturated heterocycles. The lowest BCUT2D eigenvalue weighted by atomic mass is 9.42. The molecule has 240 valence electrons. The Morgan fingerprint density at radius 3 is 2.14 bits per heavy atom. The van der Waals surface area contributed by atoms with Crippen molar-refractivity contribution in [2.75, 3.05) is 52.5 Å². The van der Waals surface area contributed by atoms with Crippen LogP contribution in [0.4, 0.5) is 0 Å². The highest BCUT2D eigenvalue weighted by Crippen LogP contribution is 2.72. The molecule has 0 aromatic heterocycles. The number of aryl methyl sites for hydroxylation is 1. The van der Waals surface area contributed by atoms with Crippen molar-refractivity contribution in [1.82, 2.24) is 9.80 Å². The van der Waals surface area contributed by atoms with Gasteiger partial charge in [0.15, 0.2) is 0 Å². The van der Waals surface area contributed by atoms with Gasteiger partial charge in [0.2, 0.25) is 0 Å². The first kappa shape index (κ1) is 30.7. The minimum atomic E-state index is -0.675. The van der Waals surface area contributed by atoms with Gasteiger partial charge in [-0.2, -0.15) is 0 Å². The molecule has 43 heavy (non-hydrogen) atoms. The molecule has 5 heteroatoms. The van der Waals surface area contributed by atoms with Crippen LogP contribution in [-0.4, -0.2) is 79.1 Å². The van der Waals surface area contributed by atoms with Crippen molar-refractivity contribution in [3.8, 4) is 0 Å². The zero-order valence-electron chi connectivity index (χ0n) is 27.6. The third-order valence-electron chi connectivity index (χ3n) is 14.3. The third kappa shape index (κ3) is 5.16. The number of aliphatic hydroxyl groups is 1. The van der Waals surface area contributed by atoms with Gasteiger partial charge in [0, 0.05) is 18.5 Å². The van der Waals surface area contributed by atoms with E-state index >= 15 is 0 Å². The third-order valence-corrected chi connectivity index (χ3v) is 14.3. The first-order valence-corrected chi connectivity index (χ1v) is 18.3. The molecule has 8 atom stereocenters. The lowest BCUT2D eigenvalue weighted by Gasteiger charge is -2.65. The molecule has 0 radical (unpaired) electrons. The van der Waals surface area contributed by atoms with Gasteiger partial charge in [-0.1, -0.05) is 43.7 Å². The number of hydrogen-bond donors (Lipinski definition) is 1. The normalized spacial score (nSPS) is 43.4. The van der Waals surface area contributed by atoms with Crippen molar-refractivity contribution in [3.05, 3.63) is 35.4 Å². The molecule has 2 heterocycles. The van der Waals surface area contributed by atoms with Crippen LogP contribution in [0.25, 0.3) is 0 Å². The van der Waals surface area contributed by atoms with E-state index in [1.807, 2.05) is 0 Å². The Bertz CT molecular complexity index is 1100. The van der Waals surface area contributed by atoms with Crippen LogP contribution in [0.5, 0.6) is 0 Å². The van der Waals surface area contributed by atoms with E-state index < -0.39 is 11.2 Å². The van der Waals surface area contributed by atoms with E-state index in [-0.39, 0.29) is 5.41 Å². The van der Waals surface area contributed by atoms with Crippen LogP contribution < -0.4 is 0 Å². The molecule has 0 spiro atoms. The summed E-state index contributed by atoms with van der Waals surface area (Å²) in [5.74, 6) is 1.70. The van der Waals surface area contributed by atoms with Gasteiger partial charge in [-0.25, -0.2) is 0 Å². The van der Waals surface area contributed by atoms with Crippen LogP contribution >= 0.6 is 0 Å². The summed E-state index contributed by atoms with van der Waals surface area (Å²) in [7, 11) is 0. The summed E-state index contributed by atoms with van der Waals surface area (Å²) in [5.41, 5.74) is 1.54. The molecule has 1 aromatic rings. The van der Waals surface area contributed by atoms with Gasteiger partial charge in [0.25, 0.3) is 0 Å². The van der Waals surface area contributed by atoms with Crippen LogP contribution in [0.1, 0.15) is 108 Å². The van der Waals surface area contributed by atoms with Gasteiger partial charge in [0.1, 0.15) is 5.60 Å². The number of rotatable bonds is 9. The number of nitrogens with zero attached hydrogens (tertiary/aromatic N) is 2. The second-order valence-corrected chi connectivity index (χ2v) is 16.2. The Hall–Kier alpha value is -0.980. The Labute approximate surface area is 262 Å². The van der Waals surface area contributed by atoms with Crippen molar-refractivity contribution >= 4 is 0 Å². The monoisotopic (exact) mass is 592 g/mol. The smallest absolute Gasteiger partial charge is 0.101 e.